The van der Waals surface area contributed by atoms with Crippen LogP contribution in [-0.4, -0.2) is 89.4 Å². The molecule has 2 fully saturated rings. The van der Waals surface area contributed by atoms with Crippen molar-refractivity contribution in [1.29, 1.82) is 0 Å². The van der Waals surface area contributed by atoms with Crippen LogP contribution in [0, 0.1) is 0 Å². The molecule has 0 spiro atoms. The predicted molar refractivity (Wildman–Crippen MR) is 126 cm³/mol. The zero-order chi connectivity index (χ0) is 23.4. The van der Waals surface area contributed by atoms with Gasteiger partial charge in [0.05, 0.1) is 36.2 Å². The van der Waals surface area contributed by atoms with Crippen molar-refractivity contribution >= 4 is 27.7 Å². The van der Waals surface area contributed by atoms with Gasteiger partial charge in [0.15, 0.2) is 0 Å². The summed E-state index contributed by atoms with van der Waals surface area (Å²) in [5, 5.41) is 0. The summed E-state index contributed by atoms with van der Waals surface area (Å²) < 4.78 is 31.8. The lowest BCUT2D eigenvalue weighted by molar-refractivity contribution is 0.0981. The molecule has 11 nitrogen and oxygen atoms in total. The zero-order valence-corrected chi connectivity index (χ0v) is 20.0. The fraction of sp³-hybridized carbons (Fsp3) is 0.619. The minimum absolute atomic E-state index is 0.113. The van der Waals surface area contributed by atoms with Gasteiger partial charge in [0, 0.05) is 49.7 Å². The van der Waals surface area contributed by atoms with E-state index in [9.17, 15) is 8.42 Å². The highest BCUT2D eigenvalue weighted by Gasteiger charge is 2.50. The Bertz CT molecular complexity index is 1150. The summed E-state index contributed by atoms with van der Waals surface area (Å²) in [7, 11) is -3.20. The van der Waals surface area contributed by atoms with Gasteiger partial charge in [0.1, 0.15) is 5.82 Å². The van der Waals surface area contributed by atoms with Crippen molar-refractivity contribution in [3.8, 4) is 11.3 Å². The lowest BCUT2D eigenvalue weighted by Crippen LogP contribution is -2.69. The molecule has 12 heteroatoms. The molecule has 0 bridgehead atoms. The zero-order valence-electron chi connectivity index (χ0n) is 19.2. The molecule has 1 atom stereocenters. The largest absolute Gasteiger partial charge is 0.377 e. The highest BCUT2D eigenvalue weighted by molar-refractivity contribution is 7.89. The van der Waals surface area contributed by atoms with Crippen LogP contribution in [0.4, 0.5) is 17.7 Å². The quantitative estimate of drug-likeness (QED) is 0.654. The van der Waals surface area contributed by atoms with Crippen molar-refractivity contribution < 1.29 is 13.2 Å². The minimum atomic E-state index is -3.20. The lowest BCUT2D eigenvalue weighted by Gasteiger charge is -2.52. The van der Waals surface area contributed by atoms with E-state index in [2.05, 4.69) is 33.6 Å². The van der Waals surface area contributed by atoms with E-state index < -0.39 is 10.0 Å². The van der Waals surface area contributed by atoms with E-state index in [0.29, 0.717) is 38.8 Å². The number of rotatable bonds is 5. The number of hydrogen-bond acceptors (Lipinski definition) is 10. The molecule has 0 amide bonds. The summed E-state index contributed by atoms with van der Waals surface area (Å²) in [4.78, 5) is 22.7. The smallest absolute Gasteiger partial charge is 0.228 e. The average Bonchev–Trinajstić information content (AvgIpc) is 3.21. The van der Waals surface area contributed by atoms with Crippen LogP contribution in [0.1, 0.15) is 26.3 Å². The summed E-state index contributed by atoms with van der Waals surface area (Å²) in [5.74, 6) is 1.83. The van der Waals surface area contributed by atoms with Crippen LogP contribution in [-0.2, 0) is 21.2 Å². The standard InChI is InChI=1S/C21H30N8O3S/c1-4-33(30,31)27-12-21(3,13-27)29-6-5-16-17(15-9-23-19(22)24-10-15)25-20(26-18(16)29)28-7-8-32-11-14(28)2/h9-10,14H,4-8,11-13H2,1-3H3,(H2,22,23,24). The van der Waals surface area contributed by atoms with E-state index in [0.717, 1.165) is 35.6 Å². The Labute approximate surface area is 194 Å². The number of nitrogen functional groups attached to an aromatic ring is 1. The van der Waals surface area contributed by atoms with E-state index in [1.165, 1.54) is 0 Å². The Balaban J connectivity index is 1.56. The van der Waals surface area contributed by atoms with Gasteiger partial charge in [-0.3, -0.25) is 0 Å². The van der Waals surface area contributed by atoms with Crippen molar-refractivity contribution in [2.24, 2.45) is 0 Å². The van der Waals surface area contributed by atoms with Crippen LogP contribution >= 0.6 is 0 Å². The summed E-state index contributed by atoms with van der Waals surface area (Å²) in [6, 6.07) is 0.145. The first kappa shape index (κ1) is 22.2. The molecule has 3 aliphatic rings. The minimum Gasteiger partial charge on any atom is -0.377 e. The number of aromatic nitrogens is 4. The van der Waals surface area contributed by atoms with Crippen molar-refractivity contribution in [3.05, 3.63) is 18.0 Å². The van der Waals surface area contributed by atoms with Gasteiger partial charge in [-0.15, -0.1) is 0 Å². The van der Waals surface area contributed by atoms with Crippen LogP contribution in [0.3, 0.4) is 0 Å². The van der Waals surface area contributed by atoms with E-state index in [-0.39, 0.29) is 23.3 Å². The topological polar surface area (TPSA) is 131 Å². The van der Waals surface area contributed by atoms with Crippen LogP contribution < -0.4 is 15.5 Å². The third kappa shape index (κ3) is 3.79. The number of fused-ring (bicyclic) bond motifs is 1. The Hall–Kier alpha value is -2.57. The number of nitrogens with zero attached hydrogens (tertiary/aromatic N) is 7. The molecule has 5 rings (SSSR count). The predicted octanol–water partition coefficient (Wildman–Crippen LogP) is 0.527. The third-order valence-electron chi connectivity index (χ3n) is 6.83. The Kier molecular flexibility index (Phi) is 5.41. The first-order valence-corrected chi connectivity index (χ1v) is 12.9. The first-order valence-electron chi connectivity index (χ1n) is 11.3. The second kappa shape index (κ2) is 8.03. The lowest BCUT2D eigenvalue weighted by atomic mass is 9.93. The third-order valence-corrected chi connectivity index (χ3v) is 8.60. The highest BCUT2D eigenvalue weighted by Crippen LogP contribution is 2.42. The number of hydrogen-bond donors (Lipinski definition) is 1. The molecule has 2 aromatic heterocycles. The molecular formula is C21H30N8O3S. The van der Waals surface area contributed by atoms with E-state index in [1.54, 1.807) is 23.6 Å². The maximum absolute atomic E-state index is 12.3. The van der Waals surface area contributed by atoms with Crippen LogP contribution in [0.5, 0.6) is 0 Å². The summed E-state index contributed by atoms with van der Waals surface area (Å²) in [6.07, 6.45) is 4.16. The fourth-order valence-electron chi connectivity index (χ4n) is 4.88. The summed E-state index contributed by atoms with van der Waals surface area (Å²) in [6.45, 7) is 9.49. The second-order valence-corrected chi connectivity index (χ2v) is 11.4. The number of sulfonamides is 1. The van der Waals surface area contributed by atoms with Crippen molar-refractivity contribution in [1.82, 2.24) is 24.2 Å². The fourth-order valence-corrected chi connectivity index (χ4v) is 6.20. The van der Waals surface area contributed by atoms with Gasteiger partial charge in [0.25, 0.3) is 0 Å². The molecule has 0 saturated carbocycles. The van der Waals surface area contributed by atoms with Crippen molar-refractivity contribution in [2.45, 2.75) is 38.8 Å². The van der Waals surface area contributed by atoms with Crippen LogP contribution in [0.2, 0.25) is 0 Å². The van der Waals surface area contributed by atoms with Gasteiger partial charge in [-0.1, -0.05) is 0 Å². The molecule has 33 heavy (non-hydrogen) atoms. The molecule has 3 aliphatic heterocycles. The van der Waals surface area contributed by atoms with E-state index in [1.807, 2.05) is 0 Å². The molecule has 5 heterocycles. The van der Waals surface area contributed by atoms with Crippen molar-refractivity contribution in [3.63, 3.8) is 0 Å². The van der Waals surface area contributed by atoms with Gasteiger partial charge in [-0.05, 0) is 27.2 Å². The SMILES string of the molecule is CCS(=O)(=O)N1CC(C)(N2CCc3c(-c4cnc(N)nc4)nc(N4CCOCC4C)nc32)C1. The number of anilines is 3. The molecule has 2 aromatic rings. The molecule has 0 aromatic carbocycles. The Morgan fingerprint density at radius 1 is 1.21 bits per heavy atom. The number of ether oxygens (including phenoxy) is 1. The molecule has 0 aliphatic carbocycles. The average molecular weight is 475 g/mol. The number of nitrogens with two attached hydrogens (primary N) is 1. The maximum atomic E-state index is 12.3. The molecule has 1 unspecified atom stereocenters. The van der Waals surface area contributed by atoms with E-state index in [4.69, 9.17) is 20.4 Å². The van der Waals surface area contributed by atoms with Crippen LogP contribution in [0.25, 0.3) is 11.3 Å². The molecular weight excluding hydrogens is 444 g/mol. The molecule has 0 radical (unpaired) electrons. The summed E-state index contributed by atoms with van der Waals surface area (Å²) >= 11 is 0. The van der Waals surface area contributed by atoms with Crippen molar-refractivity contribution in [2.75, 3.05) is 60.7 Å². The molecule has 2 saturated heterocycles. The second-order valence-electron chi connectivity index (χ2n) is 9.19. The van der Waals surface area contributed by atoms with Gasteiger partial charge in [0.2, 0.25) is 21.9 Å². The summed E-state index contributed by atoms with van der Waals surface area (Å²) in [5.41, 5.74) is 8.02. The van der Waals surface area contributed by atoms with Gasteiger partial charge in [-0.25, -0.2) is 23.4 Å². The van der Waals surface area contributed by atoms with E-state index >= 15 is 0 Å². The first-order chi connectivity index (χ1) is 15.7. The Morgan fingerprint density at radius 2 is 1.94 bits per heavy atom. The normalized spacial score (nSPS) is 22.8. The van der Waals surface area contributed by atoms with Crippen LogP contribution in [0.15, 0.2) is 12.4 Å². The van der Waals surface area contributed by atoms with Gasteiger partial charge < -0.3 is 20.3 Å². The monoisotopic (exact) mass is 474 g/mol. The molecule has 178 valence electrons. The number of morpholine rings is 1. The molecule has 2 N–H and O–H groups in total. The van der Waals surface area contributed by atoms with Gasteiger partial charge in [-0.2, -0.15) is 9.29 Å². The van der Waals surface area contributed by atoms with Gasteiger partial charge >= 0.3 is 0 Å². The Morgan fingerprint density at radius 3 is 2.61 bits per heavy atom. The maximum Gasteiger partial charge on any atom is 0.228 e. The highest BCUT2D eigenvalue weighted by atomic mass is 32.2.